The average Bonchev–Trinajstić information content (AvgIpc) is 2.74. The quantitative estimate of drug-likeness (QED) is 0.777. The van der Waals surface area contributed by atoms with Gasteiger partial charge in [0.25, 0.3) is 6.43 Å². The van der Waals surface area contributed by atoms with Crippen molar-refractivity contribution in [3.63, 3.8) is 0 Å². The third-order valence-electron chi connectivity index (χ3n) is 4.33. The average molecular weight is 277 g/mol. The van der Waals surface area contributed by atoms with Crippen molar-refractivity contribution in [1.29, 1.82) is 0 Å². The summed E-state index contributed by atoms with van der Waals surface area (Å²) in [7, 11) is 0. The maximum absolute atomic E-state index is 13.4. The van der Waals surface area contributed by atoms with E-state index in [-0.39, 0.29) is 24.3 Å². The van der Waals surface area contributed by atoms with Crippen LogP contribution in [-0.2, 0) is 11.3 Å². The normalized spacial score (nSPS) is 29.1. The first-order valence-corrected chi connectivity index (χ1v) is 6.96. The molecule has 3 rings (SSSR count). The van der Waals surface area contributed by atoms with Crippen LogP contribution in [0.4, 0.5) is 8.78 Å². The summed E-state index contributed by atoms with van der Waals surface area (Å²) >= 11 is 0. The Labute approximate surface area is 117 Å². The van der Waals surface area contributed by atoms with Crippen LogP contribution in [0.3, 0.4) is 0 Å². The van der Waals surface area contributed by atoms with Crippen molar-refractivity contribution < 1.29 is 13.6 Å². The lowest BCUT2D eigenvalue weighted by atomic mass is 9.82. The summed E-state index contributed by atoms with van der Waals surface area (Å²) in [6.45, 7) is 0.279. The molecule has 0 spiro atoms. The smallest absolute Gasteiger partial charge is 0.259 e. The molecule has 0 saturated carbocycles. The molecule has 2 aliphatic rings. The van der Waals surface area contributed by atoms with Crippen LogP contribution in [0.5, 0.6) is 0 Å². The lowest BCUT2D eigenvalue weighted by molar-refractivity contribution is -0.134. The third kappa shape index (κ3) is 2.23. The Balaban J connectivity index is 1.87. The van der Waals surface area contributed by atoms with Crippen LogP contribution in [0.15, 0.2) is 42.5 Å². The molecule has 106 valence electrons. The number of nitrogens with zero attached hydrogens (tertiary/aromatic N) is 1. The topological polar surface area (TPSA) is 20.3 Å². The van der Waals surface area contributed by atoms with Crippen molar-refractivity contribution in [2.24, 2.45) is 11.8 Å². The van der Waals surface area contributed by atoms with Crippen molar-refractivity contribution in [3.8, 4) is 0 Å². The van der Waals surface area contributed by atoms with Crippen LogP contribution < -0.4 is 0 Å². The van der Waals surface area contributed by atoms with Gasteiger partial charge in [0.05, 0.1) is 6.04 Å². The summed E-state index contributed by atoms with van der Waals surface area (Å²) in [4.78, 5) is 13.8. The van der Waals surface area contributed by atoms with Gasteiger partial charge in [-0.15, -0.1) is 0 Å². The zero-order chi connectivity index (χ0) is 14.1. The fourth-order valence-electron chi connectivity index (χ4n) is 3.37. The molecular weight excluding hydrogens is 260 g/mol. The highest BCUT2D eigenvalue weighted by molar-refractivity contribution is 5.82. The fourth-order valence-corrected chi connectivity index (χ4v) is 3.37. The number of halogens is 2. The van der Waals surface area contributed by atoms with Crippen molar-refractivity contribution in [3.05, 3.63) is 48.0 Å². The molecule has 1 aromatic carbocycles. The molecule has 20 heavy (non-hydrogen) atoms. The van der Waals surface area contributed by atoms with Crippen LogP contribution in [0, 0.1) is 11.8 Å². The monoisotopic (exact) mass is 277 g/mol. The van der Waals surface area contributed by atoms with E-state index in [0.29, 0.717) is 12.8 Å². The van der Waals surface area contributed by atoms with E-state index in [0.717, 1.165) is 5.56 Å². The molecular formula is C16H17F2NO. The van der Waals surface area contributed by atoms with Crippen LogP contribution in [0.25, 0.3) is 0 Å². The number of hydrogen-bond acceptors (Lipinski definition) is 1. The zero-order valence-corrected chi connectivity index (χ0v) is 11.1. The van der Waals surface area contributed by atoms with Crippen molar-refractivity contribution in [2.75, 3.05) is 0 Å². The van der Waals surface area contributed by atoms with Gasteiger partial charge in [-0.25, -0.2) is 8.78 Å². The van der Waals surface area contributed by atoms with Gasteiger partial charge in [-0.05, 0) is 18.4 Å². The maximum atomic E-state index is 13.4. The van der Waals surface area contributed by atoms with Gasteiger partial charge in [-0.3, -0.25) is 4.79 Å². The molecule has 1 saturated heterocycles. The van der Waals surface area contributed by atoms with E-state index in [1.807, 2.05) is 42.5 Å². The molecule has 1 fully saturated rings. The second-order valence-electron chi connectivity index (χ2n) is 5.49. The summed E-state index contributed by atoms with van der Waals surface area (Å²) in [6, 6.07) is 8.40. The standard InChI is InChI=1S/C16H17F2NO/c17-15(18)14-12-8-4-5-9-13(12)16(20)19(14)10-11-6-2-1-3-7-11/h1-7,12-15H,8-10H2/t12-,13+,14+/m0/s1. The first-order valence-electron chi connectivity index (χ1n) is 6.96. The molecule has 0 aromatic heterocycles. The van der Waals surface area contributed by atoms with Gasteiger partial charge in [-0.1, -0.05) is 42.5 Å². The first kappa shape index (κ1) is 13.3. The number of benzene rings is 1. The van der Waals surface area contributed by atoms with Crippen molar-refractivity contribution >= 4 is 5.91 Å². The Morgan fingerprint density at radius 3 is 2.55 bits per heavy atom. The van der Waals surface area contributed by atoms with Gasteiger partial charge in [-0.2, -0.15) is 0 Å². The molecule has 1 amide bonds. The minimum Gasteiger partial charge on any atom is -0.329 e. The van der Waals surface area contributed by atoms with Gasteiger partial charge in [0.1, 0.15) is 0 Å². The van der Waals surface area contributed by atoms with E-state index in [1.165, 1.54) is 4.90 Å². The second-order valence-corrected chi connectivity index (χ2v) is 5.49. The molecule has 1 aliphatic heterocycles. The molecule has 1 aromatic rings. The molecule has 0 N–H and O–H groups in total. The Morgan fingerprint density at radius 2 is 1.85 bits per heavy atom. The van der Waals surface area contributed by atoms with E-state index in [4.69, 9.17) is 0 Å². The molecule has 1 heterocycles. The summed E-state index contributed by atoms with van der Waals surface area (Å²) in [6.07, 6.45) is 2.56. The predicted octanol–water partition coefficient (Wildman–Crippen LogP) is 3.24. The highest BCUT2D eigenvalue weighted by Gasteiger charge is 2.51. The number of fused-ring (bicyclic) bond motifs is 1. The summed E-state index contributed by atoms with van der Waals surface area (Å²) in [5.41, 5.74) is 0.901. The minimum absolute atomic E-state index is 0.117. The van der Waals surface area contributed by atoms with Gasteiger partial charge < -0.3 is 4.90 Å². The number of likely N-dealkylation sites (tertiary alicyclic amines) is 1. The minimum atomic E-state index is -2.48. The van der Waals surface area contributed by atoms with Crippen LogP contribution in [0.2, 0.25) is 0 Å². The first-order chi connectivity index (χ1) is 9.68. The van der Waals surface area contributed by atoms with Crippen LogP contribution in [0.1, 0.15) is 18.4 Å². The number of hydrogen-bond donors (Lipinski definition) is 0. The van der Waals surface area contributed by atoms with Gasteiger partial charge in [0.15, 0.2) is 0 Å². The molecule has 0 unspecified atom stereocenters. The highest BCUT2D eigenvalue weighted by atomic mass is 19.3. The maximum Gasteiger partial charge on any atom is 0.259 e. The molecule has 3 atom stereocenters. The van der Waals surface area contributed by atoms with E-state index in [9.17, 15) is 13.6 Å². The predicted molar refractivity (Wildman–Crippen MR) is 72.1 cm³/mol. The van der Waals surface area contributed by atoms with E-state index in [2.05, 4.69) is 0 Å². The van der Waals surface area contributed by atoms with Gasteiger partial charge in [0.2, 0.25) is 5.91 Å². The summed E-state index contributed by atoms with van der Waals surface area (Å²) in [5, 5.41) is 0. The Hall–Kier alpha value is -1.71. The van der Waals surface area contributed by atoms with Gasteiger partial charge >= 0.3 is 0 Å². The Kier molecular flexibility index (Phi) is 3.55. The molecule has 2 nitrogen and oxygen atoms in total. The summed E-state index contributed by atoms with van der Waals surface area (Å²) < 4.78 is 26.8. The number of rotatable bonds is 3. The lowest BCUT2D eigenvalue weighted by Gasteiger charge is -2.28. The largest absolute Gasteiger partial charge is 0.329 e. The number of allylic oxidation sites excluding steroid dienone is 2. The SMILES string of the molecule is O=C1[C@@H]2CC=CC[C@@H]2[C@H](C(F)F)N1Cc1ccccc1. The molecule has 0 bridgehead atoms. The summed E-state index contributed by atoms with van der Waals surface area (Å²) in [5.74, 6) is -0.618. The van der Waals surface area contributed by atoms with Crippen LogP contribution >= 0.6 is 0 Å². The third-order valence-corrected chi connectivity index (χ3v) is 4.33. The van der Waals surface area contributed by atoms with E-state index < -0.39 is 12.5 Å². The van der Waals surface area contributed by atoms with Gasteiger partial charge in [0, 0.05) is 18.4 Å². The Morgan fingerprint density at radius 1 is 1.15 bits per heavy atom. The highest BCUT2D eigenvalue weighted by Crippen LogP contribution is 2.41. The number of alkyl halides is 2. The van der Waals surface area contributed by atoms with E-state index in [1.54, 1.807) is 0 Å². The number of carbonyl (C=O) groups is 1. The van der Waals surface area contributed by atoms with Crippen molar-refractivity contribution in [1.82, 2.24) is 4.90 Å². The molecule has 4 heteroatoms. The fraction of sp³-hybridized carbons (Fsp3) is 0.438. The molecule has 0 radical (unpaired) electrons. The number of carbonyl (C=O) groups excluding carboxylic acids is 1. The van der Waals surface area contributed by atoms with Crippen molar-refractivity contribution in [2.45, 2.75) is 31.9 Å². The lowest BCUT2D eigenvalue weighted by Crippen LogP contribution is -2.40. The van der Waals surface area contributed by atoms with Crippen LogP contribution in [-0.4, -0.2) is 23.3 Å². The van der Waals surface area contributed by atoms with E-state index >= 15 is 0 Å². The number of amides is 1. The second kappa shape index (κ2) is 5.35. The molecule has 1 aliphatic carbocycles. The zero-order valence-electron chi connectivity index (χ0n) is 11.1. The Bertz CT molecular complexity index is 514.